The fourth-order valence-electron chi connectivity index (χ4n) is 1.28. The quantitative estimate of drug-likeness (QED) is 0.826. The summed E-state index contributed by atoms with van der Waals surface area (Å²) in [4.78, 5) is 27.2. The first-order chi connectivity index (χ1) is 7.43. The molecule has 0 spiro atoms. The number of carboxylic acids is 1. The predicted molar refractivity (Wildman–Crippen MR) is 55.2 cm³/mol. The Bertz CT molecular complexity index is 397. The number of rotatable bonds is 4. The molecular formula is C10H14N2O4. The second kappa shape index (κ2) is 4.78. The van der Waals surface area contributed by atoms with E-state index >= 15 is 0 Å². The highest BCUT2D eigenvalue weighted by atomic mass is 16.4. The van der Waals surface area contributed by atoms with E-state index in [9.17, 15) is 9.59 Å². The molecule has 0 fully saturated rings. The molecule has 1 N–H and O–H groups in total. The van der Waals surface area contributed by atoms with Gasteiger partial charge in [-0.25, -0.2) is 4.98 Å². The third-order valence-corrected chi connectivity index (χ3v) is 2.04. The maximum absolute atomic E-state index is 11.8. The molecule has 0 aliphatic rings. The van der Waals surface area contributed by atoms with Crippen molar-refractivity contribution in [1.82, 2.24) is 9.88 Å². The van der Waals surface area contributed by atoms with Gasteiger partial charge in [0.25, 0.3) is 5.91 Å². The fraction of sp³-hybridized carbons (Fsp3) is 0.500. The van der Waals surface area contributed by atoms with Crippen LogP contribution in [0.25, 0.3) is 0 Å². The van der Waals surface area contributed by atoms with Gasteiger partial charge < -0.3 is 14.4 Å². The van der Waals surface area contributed by atoms with Crippen LogP contribution in [0.3, 0.4) is 0 Å². The molecule has 0 atom stereocenters. The molecule has 0 aromatic carbocycles. The Morgan fingerprint density at radius 2 is 2.19 bits per heavy atom. The Morgan fingerprint density at radius 1 is 1.56 bits per heavy atom. The normalized spacial score (nSPS) is 10.5. The molecule has 0 radical (unpaired) electrons. The van der Waals surface area contributed by atoms with Gasteiger partial charge in [0.05, 0.1) is 0 Å². The number of hydrogen-bond acceptors (Lipinski definition) is 4. The maximum atomic E-state index is 11.8. The van der Waals surface area contributed by atoms with Crippen LogP contribution >= 0.6 is 0 Å². The average molecular weight is 226 g/mol. The molecular weight excluding hydrogens is 212 g/mol. The fourth-order valence-corrected chi connectivity index (χ4v) is 1.28. The minimum absolute atomic E-state index is 0.0275. The third-order valence-electron chi connectivity index (χ3n) is 2.04. The molecule has 1 rings (SSSR count). The van der Waals surface area contributed by atoms with Gasteiger partial charge in [0.2, 0.25) is 0 Å². The van der Waals surface area contributed by atoms with E-state index in [1.807, 2.05) is 13.8 Å². The number of oxazole rings is 1. The molecule has 1 aromatic rings. The molecule has 0 saturated heterocycles. The van der Waals surface area contributed by atoms with Crippen LogP contribution in [0, 0.1) is 0 Å². The number of likely N-dealkylation sites (N-methyl/N-ethyl adjacent to an activating group) is 1. The SMILES string of the molecule is CC(C)c1ocnc1C(=O)N(C)CC(=O)O. The molecule has 1 amide bonds. The minimum atomic E-state index is -1.06. The molecule has 0 unspecified atom stereocenters. The van der Waals surface area contributed by atoms with Gasteiger partial charge in [-0.1, -0.05) is 13.8 Å². The van der Waals surface area contributed by atoms with E-state index in [0.717, 1.165) is 4.90 Å². The first-order valence-corrected chi connectivity index (χ1v) is 4.84. The van der Waals surface area contributed by atoms with Crippen molar-refractivity contribution in [3.63, 3.8) is 0 Å². The number of aliphatic carboxylic acids is 1. The number of nitrogens with zero attached hydrogens (tertiary/aromatic N) is 2. The van der Waals surface area contributed by atoms with Gasteiger partial charge in [0.1, 0.15) is 12.3 Å². The maximum Gasteiger partial charge on any atom is 0.323 e. The van der Waals surface area contributed by atoms with Crippen LogP contribution in [-0.2, 0) is 4.79 Å². The van der Waals surface area contributed by atoms with Crippen LogP contribution in [0.15, 0.2) is 10.8 Å². The van der Waals surface area contributed by atoms with Crippen molar-refractivity contribution in [1.29, 1.82) is 0 Å². The molecule has 16 heavy (non-hydrogen) atoms. The summed E-state index contributed by atoms with van der Waals surface area (Å²) in [5, 5.41) is 8.57. The first kappa shape index (κ1) is 12.2. The van der Waals surface area contributed by atoms with Crippen LogP contribution in [-0.4, -0.2) is 40.5 Å². The van der Waals surface area contributed by atoms with Gasteiger partial charge in [0.15, 0.2) is 12.1 Å². The summed E-state index contributed by atoms with van der Waals surface area (Å²) in [5.41, 5.74) is 0.179. The number of carboxylic acid groups (broad SMARTS) is 1. The van der Waals surface area contributed by atoms with Crippen LogP contribution in [0.1, 0.15) is 36.0 Å². The highest BCUT2D eigenvalue weighted by Crippen LogP contribution is 2.19. The Labute approximate surface area is 92.9 Å². The van der Waals surface area contributed by atoms with E-state index < -0.39 is 11.9 Å². The molecule has 1 aromatic heterocycles. The van der Waals surface area contributed by atoms with E-state index in [-0.39, 0.29) is 18.2 Å². The van der Waals surface area contributed by atoms with Gasteiger partial charge in [-0.3, -0.25) is 9.59 Å². The lowest BCUT2D eigenvalue weighted by atomic mass is 10.1. The van der Waals surface area contributed by atoms with Crippen molar-refractivity contribution in [2.45, 2.75) is 19.8 Å². The topological polar surface area (TPSA) is 83.6 Å². The van der Waals surface area contributed by atoms with Gasteiger partial charge in [-0.2, -0.15) is 0 Å². The van der Waals surface area contributed by atoms with Crippen molar-refractivity contribution in [3.8, 4) is 0 Å². The smallest absolute Gasteiger partial charge is 0.323 e. The zero-order chi connectivity index (χ0) is 12.3. The number of carbonyl (C=O) groups excluding carboxylic acids is 1. The van der Waals surface area contributed by atoms with Crippen molar-refractivity contribution in [3.05, 3.63) is 17.8 Å². The number of amides is 1. The molecule has 0 aliphatic carbocycles. The van der Waals surface area contributed by atoms with Crippen molar-refractivity contribution in [2.75, 3.05) is 13.6 Å². The van der Waals surface area contributed by atoms with Crippen molar-refractivity contribution in [2.24, 2.45) is 0 Å². The average Bonchev–Trinajstić information content (AvgIpc) is 2.63. The van der Waals surface area contributed by atoms with Crippen LogP contribution in [0.2, 0.25) is 0 Å². The first-order valence-electron chi connectivity index (χ1n) is 4.84. The molecule has 6 nitrogen and oxygen atoms in total. The van der Waals surface area contributed by atoms with Crippen LogP contribution < -0.4 is 0 Å². The second-order valence-corrected chi connectivity index (χ2v) is 3.77. The minimum Gasteiger partial charge on any atom is -0.480 e. The molecule has 0 aliphatic heterocycles. The van der Waals surface area contributed by atoms with E-state index in [1.165, 1.54) is 13.4 Å². The lowest BCUT2D eigenvalue weighted by Gasteiger charge is -2.13. The number of carbonyl (C=O) groups is 2. The summed E-state index contributed by atoms with van der Waals surface area (Å²) in [5.74, 6) is -1.01. The molecule has 0 saturated carbocycles. The lowest BCUT2D eigenvalue weighted by molar-refractivity contribution is -0.137. The molecule has 88 valence electrons. The molecule has 6 heteroatoms. The lowest BCUT2D eigenvalue weighted by Crippen LogP contribution is -2.32. The Kier molecular flexibility index (Phi) is 3.65. The van der Waals surface area contributed by atoms with E-state index in [2.05, 4.69) is 4.98 Å². The standard InChI is InChI=1S/C10H14N2O4/c1-6(2)9-8(11-5-16-9)10(15)12(3)4-7(13)14/h5-6H,4H2,1-3H3,(H,13,14). The predicted octanol–water partition coefficient (Wildman–Crippen LogP) is 0.955. The number of hydrogen-bond donors (Lipinski definition) is 1. The third kappa shape index (κ3) is 2.59. The zero-order valence-corrected chi connectivity index (χ0v) is 9.43. The second-order valence-electron chi connectivity index (χ2n) is 3.77. The molecule has 0 bridgehead atoms. The molecule has 1 heterocycles. The summed E-state index contributed by atoms with van der Waals surface area (Å²) >= 11 is 0. The van der Waals surface area contributed by atoms with E-state index in [0.29, 0.717) is 5.76 Å². The highest BCUT2D eigenvalue weighted by molar-refractivity contribution is 5.94. The van der Waals surface area contributed by atoms with Gasteiger partial charge in [-0.05, 0) is 0 Å². The number of aromatic nitrogens is 1. The van der Waals surface area contributed by atoms with Crippen LogP contribution in [0.4, 0.5) is 0 Å². The Balaban J connectivity index is 2.87. The van der Waals surface area contributed by atoms with E-state index in [1.54, 1.807) is 0 Å². The summed E-state index contributed by atoms with van der Waals surface area (Å²) in [6, 6.07) is 0. The van der Waals surface area contributed by atoms with Crippen molar-refractivity contribution < 1.29 is 19.1 Å². The van der Waals surface area contributed by atoms with Gasteiger partial charge in [-0.15, -0.1) is 0 Å². The summed E-state index contributed by atoms with van der Waals surface area (Å²) in [7, 11) is 1.41. The van der Waals surface area contributed by atoms with E-state index in [4.69, 9.17) is 9.52 Å². The Morgan fingerprint density at radius 3 is 2.69 bits per heavy atom. The summed E-state index contributed by atoms with van der Waals surface area (Å²) in [6.07, 6.45) is 1.19. The van der Waals surface area contributed by atoms with Crippen LogP contribution in [0.5, 0.6) is 0 Å². The summed E-state index contributed by atoms with van der Waals surface area (Å²) < 4.78 is 5.10. The largest absolute Gasteiger partial charge is 0.480 e. The monoisotopic (exact) mass is 226 g/mol. The summed E-state index contributed by atoms with van der Waals surface area (Å²) in [6.45, 7) is 3.38. The van der Waals surface area contributed by atoms with Gasteiger partial charge in [0, 0.05) is 13.0 Å². The van der Waals surface area contributed by atoms with Gasteiger partial charge >= 0.3 is 5.97 Å². The van der Waals surface area contributed by atoms with Crippen molar-refractivity contribution >= 4 is 11.9 Å². The zero-order valence-electron chi connectivity index (χ0n) is 9.43. The highest BCUT2D eigenvalue weighted by Gasteiger charge is 2.23. The Hall–Kier alpha value is -1.85.